The quantitative estimate of drug-likeness (QED) is 0.914. The van der Waals surface area contributed by atoms with Crippen molar-refractivity contribution < 1.29 is 23.1 Å². The summed E-state index contributed by atoms with van der Waals surface area (Å²) in [6.07, 6.45) is -3.28. The van der Waals surface area contributed by atoms with Crippen molar-refractivity contribution in [2.45, 2.75) is 6.18 Å². The van der Waals surface area contributed by atoms with Crippen LogP contribution in [0.2, 0.25) is 0 Å². The van der Waals surface area contributed by atoms with Gasteiger partial charge >= 0.3 is 12.1 Å². The van der Waals surface area contributed by atoms with Crippen molar-refractivity contribution in [1.82, 2.24) is 9.78 Å². The van der Waals surface area contributed by atoms with Crippen LogP contribution in [0.4, 0.5) is 13.2 Å². The molecule has 0 saturated carbocycles. The Balaban J connectivity index is 2.45. The molecule has 0 atom stereocenters. The lowest BCUT2D eigenvalue weighted by Crippen LogP contribution is -2.20. The van der Waals surface area contributed by atoms with E-state index in [1.165, 1.54) is 6.20 Å². The molecule has 5 nitrogen and oxygen atoms in total. The molecule has 104 valence electrons. The molecule has 2 rings (SSSR count). The maximum Gasteiger partial charge on any atom is 0.416 e. The lowest BCUT2D eigenvalue weighted by molar-refractivity contribution is -0.137. The summed E-state index contributed by atoms with van der Waals surface area (Å²) in [4.78, 5) is 22.0. The molecule has 1 N–H and O–H groups in total. The Morgan fingerprint density at radius 1 is 1.15 bits per heavy atom. The number of rotatable bonds is 2. The van der Waals surface area contributed by atoms with Crippen molar-refractivity contribution in [2.24, 2.45) is 0 Å². The molecule has 0 aliphatic rings. The summed E-state index contributed by atoms with van der Waals surface area (Å²) in [6, 6.07) is 4.93. The zero-order valence-corrected chi connectivity index (χ0v) is 9.76. The van der Waals surface area contributed by atoms with Gasteiger partial charge in [0.25, 0.3) is 0 Å². The van der Waals surface area contributed by atoms with Gasteiger partial charge in [0, 0.05) is 12.3 Å². The first-order chi connectivity index (χ1) is 9.29. The first kappa shape index (κ1) is 13.8. The zero-order chi connectivity index (χ0) is 14.9. The van der Waals surface area contributed by atoms with E-state index in [0.29, 0.717) is 0 Å². The van der Waals surface area contributed by atoms with Crippen LogP contribution in [0.15, 0.2) is 41.3 Å². The first-order valence-electron chi connectivity index (χ1n) is 5.30. The van der Waals surface area contributed by atoms with Gasteiger partial charge in [-0.3, -0.25) is 4.79 Å². The zero-order valence-electron chi connectivity index (χ0n) is 9.76. The van der Waals surface area contributed by atoms with Crippen LogP contribution in [0.3, 0.4) is 0 Å². The monoisotopic (exact) mass is 284 g/mol. The van der Waals surface area contributed by atoms with Crippen LogP contribution < -0.4 is 5.43 Å². The van der Waals surface area contributed by atoms with Crippen molar-refractivity contribution in [3.8, 4) is 5.69 Å². The Labute approximate surface area is 109 Å². The summed E-state index contributed by atoms with van der Waals surface area (Å²) in [5.74, 6) is -1.50. The third-order valence-corrected chi connectivity index (χ3v) is 2.47. The number of hydrogen-bond acceptors (Lipinski definition) is 3. The van der Waals surface area contributed by atoms with Crippen molar-refractivity contribution in [1.29, 1.82) is 0 Å². The molecule has 0 bridgehead atoms. The fourth-order valence-electron chi connectivity index (χ4n) is 1.50. The highest BCUT2D eigenvalue weighted by atomic mass is 19.4. The predicted molar refractivity (Wildman–Crippen MR) is 61.8 cm³/mol. The molecule has 1 heterocycles. The Kier molecular flexibility index (Phi) is 3.31. The van der Waals surface area contributed by atoms with E-state index in [-0.39, 0.29) is 5.69 Å². The van der Waals surface area contributed by atoms with Crippen molar-refractivity contribution in [3.05, 3.63) is 58.0 Å². The summed E-state index contributed by atoms with van der Waals surface area (Å²) in [7, 11) is 0. The largest absolute Gasteiger partial charge is 0.476 e. The van der Waals surface area contributed by atoms with E-state index in [2.05, 4.69) is 5.10 Å². The smallest absolute Gasteiger partial charge is 0.416 e. The van der Waals surface area contributed by atoms with Gasteiger partial charge in [-0.1, -0.05) is 0 Å². The van der Waals surface area contributed by atoms with Gasteiger partial charge < -0.3 is 5.11 Å². The van der Waals surface area contributed by atoms with Gasteiger partial charge in [-0.25, -0.2) is 9.48 Å². The Bertz CT molecular complexity index is 705. The molecule has 8 heteroatoms. The molecule has 2 aromatic rings. The summed E-state index contributed by atoms with van der Waals surface area (Å²) in [6.45, 7) is 0. The first-order valence-corrected chi connectivity index (χ1v) is 5.30. The summed E-state index contributed by atoms with van der Waals surface area (Å²) in [5.41, 5.74) is -2.10. The third-order valence-electron chi connectivity index (χ3n) is 2.47. The van der Waals surface area contributed by atoms with E-state index in [9.17, 15) is 22.8 Å². The SMILES string of the molecule is O=C(O)c1nn(-c2ccc(C(F)(F)F)cc2)ccc1=O. The minimum absolute atomic E-state index is 0.209. The maximum absolute atomic E-state index is 12.4. The van der Waals surface area contributed by atoms with Crippen LogP contribution in [0.25, 0.3) is 5.69 Å². The molecule has 0 radical (unpaired) electrons. The summed E-state index contributed by atoms with van der Waals surface area (Å²) >= 11 is 0. The highest BCUT2D eigenvalue weighted by Gasteiger charge is 2.30. The number of aromatic nitrogens is 2. The molecule has 0 amide bonds. The van der Waals surface area contributed by atoms with E-state index in [0.717, 1.165) is 35.0 Å². The Hall–Kier alpha value is -2.64. The molecule has 0 spiro atoms. The Morgan fingerprint density at radius 3 is 2.25 bits per heavy atom. The van der Waals surface area contributed by atoms with Gasteiger partial charge in [-0.05, 0) is 24.3 Å². The van der Waals surface area contributed by atoms with Gasteiger partial charge in [0.15, 0.2) is 0 Å². The lowest BCUT2D eigenvalue weighted by Gasteiger charge is -2.09. The maximum atomic E-state index is 12.4. The Morgan fingerprint density at radius 2 is 1.75 bits per heavy atom. The van der Waals surface area contributed by atoms with Crippen molar-refractivity contribution in [3.63, 3.8) is 0 Å². The molecule has 0 aliphatic carbocycles. The number of halogens is 3. The van der Waals surface area contributed by atoms with Crippen LogP contribution in [-0.4, -0.2) is 20.9 Å². The number of benzene rings is 1. The number of carboxylic acids is 1. The van der Waals surface area contributed by atoms with Crippen LogP contribution in [0.5, 0.6) is 0 Å². The molecular formula is C12H7F3N2O3. The van der Waals surface area contributed by atoms with E-state index >= 15 is 0 Å². The normalized spacial score (nSPS) is 11.3. The van der Waals surface area contributed by atoms with Gasteiger partial charge in [-0.2, -0.15) is 18.3 Å². The van der Waals surface area contributed by atoms with Gasteiger partial charge in [-0.15, -0.1) is 0 Å². The van der Waals surface area contributed by atoms with E-state index in [1.807, 2.05) is 0 Å². The second-order valence-corrected chi connectivity index (χ2v) is 3.82. The predicted octanol–water partition coefficient (Wildman–Crippen LogP) is 1.95. The van der Waals surface area contributed by atoms with Gasteiger partial charge in [0.1, 0.15) is 0 Å². The second kappa shape index (κ2) is 4.80. The highest BCUT2D eigenvalue weighted by Crippen LogP contribution is 2.29. The molecule has 1 aromatic heterocycles. The molecule has 0 aliphatic heterocycles. The van der Waals surface area contributed by atoms with Crippen LogP contribution in [-0.2, 0) is 6.18 Å². The fraction of sp³-hybridized carbons (Fsp3) is 0.0833. The lowest BCUT2D eigenvalue weighted by atomic mass is 10.2. The summed E-state index contributed by atoms with van der Waals surface area (Å²) < 4.78 is 38.2. The second-order valence-electron chi connectivity index (χ2n) is 3.82. The minimum Gasteiger partial charge on any atom is -0.476 e. The number of aromatic carboxylic acids is 1. The minimum atomic E-state index is -4.46. The molecular weight excluding hydrogens is 277 g/mol. The average molecular weight is 284 g/mol. The van der Waals surface area contributed by atoms with E-state index in [1.54, 1.807) is 0 Å². The number of hydrogen-bond donors (Lipinski definition) is 1. The molecule has 20 heavy (non-hydrogen) atoms. The van der Waals surface area contributed by atoms with Crippen LogP contribution >= 0.6 is 0 Å². The van der Waals surface area contributed by atoms with E-state index < -0.39 is 28.8 Å². The van der Waals surface area contributed by atoms with E-state index in [4.69, 9.17) is 5.11 Å². The average Bonchev–Trinajstić information content (AvgIpc) is 2.38. The fourth-order valence-corrected chi connectivity index (χ4v) is 1.50. The van der Waals surface area contributed by atoms with Gasteiger partial charge in [0.05, 0.1) is 11.3 Å². The van der Waals surface area contributed by atoms with Crippen LogP contribution in [0, 0.1) is 0 Å². The van der Waals surface area contributed by atoms with Gasteiger partial charge in [0.2, 0.25) is 11.1 Å². The standard InChI is InChI=1S/C12H7F3N2O3/c13-12(14,15)7-1-3-8(4-2-7)17-6-5-9(18)10(16-17)11(19)20/h1-6H,(H,19,20). The van der Waals surface area contributed by atoms with Crippen LogP contribution in [0.1, 0.15) is 16.1 Å². The highest BCUT2D eigenvalue weighted by molar-refractivity contribution is 5.84. The number of alkyl halides is 3. The molecule has 0 unspecified atom stereocenters. The number of carbonyl (C=O) groups is 1. The molecule has 1 aromatic carbocycles. The molecule has 0 saturated heterocycles. The topological polar surface area (TPSA) is 72.2 Å². The number of nitrogens with zero attached hydrogens (tertiary/aromatic N) is 2. The molecule has 0 fully saturated rings. The summed E-state index contributed by atoms with van der Waals surface area (Å²) in [5, 5.41) is 12.3. The van der Waals surface area contributed by atoms with Crippen molar-refractivity contribution >= 4 is 5.97 Å². The van der Waals surface area contributed by atoms with Crippen molar-refractivity contribution in [2.75, 3.05) is 0 Å². The third kappa shape index (κ3) is 2.68. The number of carboxylic acid groups (broad SMARTS) is 1.